The molecule has 0 N–H and O–H groups in total. The number of rotatable bonds is 4. The first-order chi connectivity index (χ1) is 10.0. The van der Waals surface area contributed by atoms with Crippen LogP contribution >= 0.6 is 15.9 Å². The standard InChI is InChI=1S/C17H25BrN2O/c1-4-9-20-10-7-15(8-11-20)19(3)17(21)14-6-5-13(2)16(18)12-14/h5-6,12,15H,4,7-11H2,1-3H3. The Morgan fingerprint density at radius 1 is 1.38 bits per heavy atom. The van der Waals surface area contributed by atoms with Crippen LogP contribution in [0.25, 0.3) is 0 Å². The molecule has 4 heteroatoms. The minimum atomic E-state index is 0.129. The number of benzene rings is 1. The quantitative estimate of drug-likeness (QED) is 0.824. The van der Waals surface area contributed by atoms with Crippen LogP contribution in [0.5, 0.6) is 0 Å². The lowest BCUT2D eigenvalue weighted by molar-refractivity contribution is 0.0642. The number of hydrogen-bond acceptors (Lipinski definition) is 2. The second kappa shape index (κ2) is 7.41. The maximum absolute atomic E-state index is 12.6. The van der Waals surface area contributed by atoms with E-state index in [-0.39, 0.29) is 5.91 Å². The van der Waals surface area contributed by atoms with E-state index in [0.717, 1.165) is 41.5 Å². The first-order valence-corrected chi connectivity index (χ1v) is 8.58. The predicted molar refractivity (Wildman–Crippen MR) is 90.7 cm³/mol. The molecule has 21 heavy (non-hydrogen) atoms. The Bertz CT molecular complexity index is 496. The van der Waals surface area contributed by atoms with Crippen molar-refractivity contribution in [3.05, 3.63) is 33.8 Å². The van der Waals surface area contributed by atoms with E-state index in [9.17, 15) is 4.79 Å². The Kier molecular flexibility index (Phi) is 5.82. The highest BCUT2D eigenvalue weighted by Gasteiger charge is 2.25. The molecule has 1 aromatic carbocycles. The van der Waals surface area contributed by atoms with E-state index in [4.69, 9.17) is 0 Å². The van der Waals surface area contributed by atoms with Gasteiger partial charge >= 0.3 is 0 Å². The molecule has 0 bridgehead atoms. The second-order valence-electron chi connectivity index (χ2n) is 5.95. The Morgan fingerprint density at radius 3 is 2.62 bits per heavy atom. The largest absolute Gasteiger partial charge is 0.339 e. The molecule has 0 unspecified atom stereocenters. The molecule has 1 amide bonds. The van der Waals surface area contributed by atoms with Gasteiger partial charge in [0.2, 0.25) is 0 Å². The van der Waals surface area contributed by atoms with Crippen LogP contribution in [0, 0.1) is 6.92 Å². The third kappa shape index (κ3) is 4.07. The van der Waals surface area contributed by atoms with Gasteiger partial charge < -0.3 is 9.80 Å². The molecule has 3 nitrogen and oxygen atoms in total. The summed E-state index contributed by atoms with van der Waals surface area (Å²) in [5.74, 6) is 0.129. The van der Waals surface area contributed by atoms with Gasteiger partial charge in [0.25, 0.3) is 5.91 Å². The molecule has 116 valence electrons. The van der Waals surface area contributed by atoms with E-state index in [0.29, 0.717) is 6.04 Å². The van der Waals surface area contributed by atoms with Gasteiger partial charge in [0, 0.05) is 36.2 Å². The minimum Gasteiger partial charge on any atom is -0.339 e. The molecule has 0 atom stereocenters. The molecule has 1 aliphatic heterocycles. The average molecular weight is 353 g/mol. The number of likely N-dealkylation sites (tertiary alicyclic amines) is 1. The summed E-state index contributed by atoms with van der Waals surface area (Å²) < 4.78 is 1.000. The van der Waals surface area contributed by atoms with Crippen LogP contribution < -0.4 is 0 Å². The van der Waals surface area contributed by atoms with Crippen molar-refractivity contribution in [2.75, 3.05) is 26.7 Å². The zero-order chi connectivity index (χ0) is 15.4. The van der Waals surface area contributed by atoms with Crippen molar-refractivity contribution in [1.29, 1.82) is 0 Å². The third-order valence-electron chi connectivity index (χ3n) is 4.38. The summed E-state index contributed by atoms with van der Waals surface area (Å²) in [6.45, 7) is 7.64. The summed E-state index contributed by atoms with van der Waals surface area (Å²) in [6.07, 6.45) is 3.36. The second-order valence-corrected chi connectivity index (χ2v) is 6.81. The lowest BCUT2D eigenvalue weighted by atomic mass is 10.0. The minimum absolute atomic E-state index is 0.129. The summed E-state index contributed by atoms with van der Waals surface area (Å²) in [4.78, 5) is 17.0. The Labute approximate surface area is 136 Å². The van der Waals surface area contributed by atoms with E-state index >= 15 is 0 Å². The van der Waals surface area contributed by atoms with Gasteiger partial charge in [0.15, 0.2) is 0 Å². The lowest BCUT2D eigenvalue weighted by Gasteiger charge is -2.36. The molecule has 0 radical (unpaired) electrons. The van der Waals surface area contributed by atoms with Gasteiger partial charge in [-0.1, -0.05) is 28.9 Å². The predicted octanol–water partition coefficient (Wildman–Crippen LogP) is 3.70. The topological polar surface area (TPSA) is 23.6 Å². The summed E-state index contributed by atoms with van der Waals surface area (Å²) >= 11 is 3.51. The van der Waals surface area contributed by atoms with Crippen molar-refractivity contribution >= 4 is 21.8 Å². The van der Waals surface area contributed by atoms with Gasteiger partial charge in [-0.2, -0.15) is 0 Å². The van der Waals surface area contributed by atoms with E-state index in [2.05, 4.69) is 27.8 Å². The van der Waals surface area contributed by atoms with E-state index < -0.39 is 0 Å². The molecule has 2 rings (SSSR count). The number of halogens is 1. The smallest absolute Gasteiger partial charge is 0.253 e. The fourth-order valence-corrected chi connectivity index (χ4v) is 3.32. The van der Waals surface area contributed by atoms with Crippen molar-refractivity contribution in [2.45, 2.75) is 39.2 Å². The zero-order valence-electron chi connectivity index (χ0n) is 13.2. The number of aryl methyl sites for hydroxylation is 1. The summed E-state index contributed by atoms with van der Waals surface area (Å²) in [6, 6.07) is 6.21. The first kappa shape index (κ1) is 16.5. The van der Waals surface area contributed by atoms with Crippen molar-refractivity contribution in [2.24, 2.45) is 0 Å². The number of amides is 1. The normalized spacial score (nSPS) is 17.0. The fourth-order valence-electron chi connectivity index (χ4n) is 2.94. The number of piperidine rings is 1. The third-order valence-corrected chi connectivity index (χ3v) is 5.24. The maximum atomic E-state index is 12.6. The van der Waals surface area contributed by atoms with Crippen molar-refractivity contribution < 1.29 is 4.79 Å². The van der Waals surface area contributed by atoms with Gasteiger partial charge in [-0.3, -0.25) is 4.79 Å². The molecule has 0 spiro atoms. The first-order valence-electron chi connectivity index (χ1n) is 7.78. The number of nitrogens with zero attached hydrogens (tertiary/aromatic N) is 2. The highest BCUT2D eigenvalue weighted by atomic mass is 79.9. The van der Waals surface area contributed by atoms with Crippen molar-refractivity contribution in [3.63, 3.8) is 0 Å². The monoisotopic (exact) mass is 352 g/mol. The van der Waals surface area contributed by atoms with Crippen molar-refractivity contribution in [1.82, 2.24) is 9.80 Å². The van der Waals surface area contributed by atoms with Crippen LogP contribution in [0.3, 0.4) is 0 Å². The Balaban J connectivity index is 1.98. The summed E-state index contributed by atoms with van der Waals surface area (Å²) in [7, 11) is 1.94. The fraction of sp³-hybridized carbons (Fsp3) is 0.588. The van der Waals surface area contributed by atoms with Crippen LogP contribution in [-0.2, 0) is 0 Å². The van der Waals surface area contributed by atoms with Gasteiger partial charge in [0.05, 0.1) is 0 Å². The molecule has 0 aromatic heterocycles. The molecule has 1 fully saturated rings. The molecule has 1 aromatic rings. The van der Waals surface area contributed by atoms with Crippen LogP contribution in [0.15, 0.2) is 22.7 Å². The van der Waals surface area contributed by atoms with E-state index in [1.165, 1.54) is 13.0 Å². The Hall–Kier alpha value is -0.870. The Morgan fingerprint density at radius 2 is 2.05 bits per heavy atom. The van der Waals surface area contributed by atoms with E-state index in [1.54, 1.807) is 0 Å². The number of hydrogen-bond donors (Lipinski definition) is 0. The zero-order valence-corrected chi connectivity index (χ0v) is 14.8. The van der Waals surface area contributed by atoms with Crippen LogP contribution in [0.4, 0.5) is 0 Å². The molecule has 1 heterocycles. The molecule has 1 aliphatic rings. The number of carbonyl (C=O) groups excluding carboxylic acids is 1. The van der Waals surface area contributed by atoms with Gasteiger partial charge in [-0.05, 0) is 50.4 Å². The lowest BCUT2D eigenvalue weighted by Crippen LogP contribution is -2.45. The van der Waals surface area contributed by atoms with Gasteiger partial charge in [0.1, 0.15) is 0 Å². The van der Waals surface area contributed by atoms with E-state index in [1.807, 2.05) is 37.1 Å². The highest BCUT2D eigenvalue weighted by Crippen LogP contribution is 2.21. The average Bonchev–Trinajstić information content (AvgIpc) is 2.50. The van der Waals surface area contributed by atoms with Crippen LogP contribution in [-0.4, -0.2) is 48.4 Å². The molecule has 0 aliphatic carbocycles. The van der Waals surface area contributed by atoms with Crippen LogP contribution in [0.2, 0.25) is 0 Å². The van der Waals surface area contributed by atoms with Crippen LogP contribution in [0.1, 0.15) is 42.1 Å². The molecule has 0 saturated carbocycles. The highest BCUT2D eigenvalue weighted by molar-refractivity contribution is 9.10. The van der Waals surface area contributed by atoms with Gasteiger partial charge in [-0.15, -0.1) is 0 Å². The number of carbonyl (C=O) groups is 1. The summed E-state index contributed by atoms with van der Waals surface area (Å²) in [5.41, 5.74) is 1.92. The van der Waals surface area contributed by atoms with Gasteiger partial charge in [-0.25, -0.2) is 0 Å². The molecule has 1 saturated heterocycles. The van der Waals surface area contributed by atoms with Crippen molar-refractivity contribution in [3.8, 4) is 0 Å². The summed E-state index contributed by atoms with van der Waals surface area (Å²) in [5, 5.41) is 0. The molecular formula is C17H25BrN2O. The SMILES string of the molecule is CCCN1CCC(N(C)C(=O)c2ccc(C)c(Br)c2)CC1. The molecular weight excluding hydrogens is 328 g/mol. The maximum Gasteiger partial charge on any atom is 0.253 e.